The van der Waals surface area contributed by atoms with Gasteiger partial charge in [-0.2, -0.15) is 4.98 Å². The molecule has 1 aromatic heterocycles. The van der Waals surface area contributed by atoms with Gasteiger partial charge in [0.2, 0.25) is 5.82 Å². The number of halogens is 2. The van der Waals surface area contributed by atoms with E-state index in [1.807, 2.05) is 0 Å². The maximum atomic E-state index is 13.2. The molecule has 106 valence electrons. The van der Waals surface area contributed by atoms with Crippen molar-refractivity contribution < 1.29 is 23.5 Å². The third-order valence-electron chi connectivity index (χ3n) is 2.77. The van der Waals surface area contributed by atoms with E-state index in [-0.39, 0.29) is 28.8 Å². The van der Waals surface area contributed by atoms with Gasteiger partial charge in [0.05, 0.1) is 0 Å². The predicted molar refractivity (Wildman–Crippen MR) is 68.4 cm³/mol. The van der Waals surface area contributed by atoms with Crippen LogP contribution >= 0.6 is 0 Å². The average molecular weight is 290 g/mol. The molecule has 21 heavy (non-hydrogen) atoms. The van der Waals surface area contributed by atoms with E-state index in [2.05, 4.69) is 10.1 Å². The molecule has 0 saturated heterocycles. The Hall–Kier alpha value is -2.96. The van der Waals surface area contributed by atoms with Gasteiger partial charge in [-0.15, -0.1) is 0 Å². The fourth-order valence-electron chi connectivity index (χ4n) is 1.80. The van der Waals surface area contributed by atoms with Crippen molar-refractivity contribution in [2.24, 2.45) is 0 Å². The summed E-state index contributed by atoms with van der Waals surface area (Å²) in [4.78, 5) is 4.00. The van der Waals surface area contributed by atoms with Crippen LogP contribution in [0.2, 0.25) is 0 Å². The first kappa shape index (κ1) is 13.0. The van der Waals surface area contributed by atoms with Crippen LogP contribution in [-0.2, 0) is 0 Å². The minimum atomic E-state index is -0.751. The highest BCUT2D eigenvalue weighted by molar-refractivity contribution is 5.62. The first-order chi connectivity index (χ1) is 10.0. The number of rotatable bonds is 2. The molecule has 0 fully saturated rings. The summed E-state index contributed by atoms with van der Waals surface area (Å²) in [5, 5.41) is 22.3. The maximum Gasteiger partial charge on any atom is 0.258 e. The van der Waals surface area contributed by atoms with E-state index in [0.717, 1.165) is 18.2 Å². The Balaban J connectivity index is 2.01. The average Bonchev–Trinajstić information content (AvgIpc) is 2.90. The molecule has 0 aliphatic carbocycles. The number of hydrogen-bond donors (Lipinski definition) is 2. The lowest BCUT2D eigenvalue weighted by atomic mass is 10.2. The zero-order valence-electron chi connectivity index (χ0n) is 10.4. The fourth-order valence-corrected chi connectivity index (χ4v) is 1.80. The standard InChI is InChI=1S/C14H8F2N2O3/c15-9-3-8(4-10(16)6-9)13-17-14(21-18-13)7-1-2-11(19)12(20)5-7/h1-6,19-20H. The van der Waals surface area contributed by atoms with Crippen LogP contribution in [0.3, 0.4) is 0 Å². The second-order valence-corrected chi connectivity index (χ2v) is 4.28. The summed E-state index contributed by atoms with van der Waals surface area (Å²) in [5.74, 6) is -2.08. The van der Waals surface area contributed by atoms with E-state index in [1.54, 1.807) is 0 Å². The van der Waals surface area contributed by atoms with Gasteiger partial charge in [0.15, 0.2) is 11.5 Å². The van der Waals surface area contributed by atoms with Crippen LogP contribution in [0.5, 0.6) is 11.5 Å². The summed E-state index contributed by atoms with van der Waals surface area (Å²) in [6.45, 7) is 0. The van der Waals surface area contributed by atoms with Gasteiger partial charge < -0.3 is 14.7 Å². The maximum absolute atomic E-state index is 13.2. The van der Waals surface area contributed by atoms with Crippen molar-refractivity contribution in [3.63, 3.8) is 0 Å². The molecule has 0 saturated carbocycles. The Labute approximate surface area is 117 Å². The minimum Gasteiger partial charge on any atom is -0.504 e. The molecule has 0 aliphatic rings. The summed E-state index contributed by atoms with van der Waals surface area (Å²) in [7, 11) is 0. The van der Waals surface area contributed by atoms with Gasteiger partial charge in [-0.25, -0.2) is 8.78 Å². The fraction of sp³-hybridized carbons (Fsp3) is 0. The molecule has 0 aliphatic heterocycles. The molecular formula is C14H8F2N2O3. The molecule has 0 unspecified atom stereocenters. The van der Waals surface area contributed by atoms with Crippen molar-refractivity contribution in [1.29, 1.82) is 0 Å². The topological polar surface area (TPSA) is 79.4 Å². The van der Waals surface area contributed by atoms with E-state index >= 15 is 0 Å². The Morgan fingerprint density at radius 3 is 2.24 bits per heavy atom. The molecule has 3 aromatic rings. The zero-order valence-corrected chi connectivity index (χ0v) is 10.4. The van der Waals surface area contributed by atoms with Crippen molar-refractivity contribution in [2.45, 2.75) is 0 Å². The number of phenols is 2. The summed E-state index contributed by atoms with van der Waals surface area (Å²) in [5.41, 5.74) is 0.492. The molecule has 7 heteroatoms. The van der Waals surface area contributed by atoms with Crippen LogP contribution in [0.4, 0.5) is 8.78 Å². The first-order valence-corrected chi connectivity index (χ1v) is 5.85. The summed E-state index contributed by atoms with van der Waals surface area (Å²) >= 11 is 0. The van der Waals surface area contributed by atoms with Crippen molar-refractivity contribution >= 4 is 0 Å². The van der Waals surface area contributed by atoms with E-state index < -0.39 is 11.6 Å². The lowest BCUT2D eigenvalue weighted by Gasteiger charge is -1.98. The summed E-state index contributed by atoms with van der Waals surface area (Å²) in [6, 6.07) is 6.84. The van der Waals surface area contributed by atoms with Gasteiger partial charge in [-0.05, 0) is 30.3 Å². The van der Waals surface area contributed by atoms with E-state index in [9.17, 15) is 19.0 Å². The van der Waals surface area contributed by atoms with Crippen molar-refractivity contribution in [3.05, 3.63) is 48.0 Å². The van der Waals surface area contributed by atoms with E-state index in [1.165, 1.54) is 18.2 Å². The van der Waals surface area contributed by atoms with Crippen LogP contribution < -0.4 is 0 Å². The number of phenolic OH excluding ortho intramolecular Hbond substituents is 2. The largest absolute Gasteiger partial charge is 0.504 e. The Morgan fingerprint density at radius 1 is 0.857 bits per heavy atom. The van der Waals surface area contributed by atoms with Gasteiger partial charge in [0.1, 0.15) is 11.6 Å². The molecular weight excluding hydrogens is 282 g/mol. The SMILES string of the molecule is Oc1ccc(-c2nc(-c3cc(F)cc(F)c3)no2)cc1O. The second-order valence-electron chi connectivity index (χ2n) is 4.28. The summed E-state index contributed by atoms with van der Waals surface area (Å²) in [6.07, 6.45) is 0. The quantitative estimate of drug-likeness (QED) is 0.709. The van der Waals surface area contributed by atoms with Crippen LogP contribution in [0.1, 0.15) is 0 Å². The zero-order chi connectivity index (χ0) is 15.0. The molecule has 2 aromatic carbocycles. The molecule has 3 rings (SSSR count). The van der Waals surface area contributed by atoms with Gasteiger partial charge >= 0.3 is 0 Å². The predicted octanol–water partition coefficient (Wildman–Crippen LogP) is 3.09. The van der Waals surface area contributed by atoms with Gasteiger partial charge in [-0.3, -0.25) is 0 Å². The Morgan fingerprint density at radius 2 is 1.57 bits per heavy atom. The number of aromatic nitrogens is 2. The molecule has 1 heterocycles. The lowest BCUT2D eigenvalue weighted by Crippen LogP contribution is -1.86. The van der Waals surface area contributed by atoms with Gasteiger partial charge in [-0.1, -0.05) is 5.16 Å². The Kier molecular flexibility index (Phi) is 3.02. The normalized spacial score (nSPS) is 10.8. The molecule has 0 spiro atoms. The van der Waals surface area contributed by atoms with Crippen molar-refractivity contribution in [3.8, 4) is 34.3 Å². The van der Waals surface area contributed by atoms with Crippen LogP contribution in [-0.4, -0.2) is 20.4 Å². The molecule has 2 N–H and O–H groups in total. The van der Waals surface area contributed by atoms with E-state index in [4.69, 9.17) is 4.52 Å². The minimum absolute atomic E-state index is 0.0102. The molecule has 5 nitrogen and oxygen atoms in total. The van der Waals surface area contributed by atoms with Crippen LogP contribution in [0.25, 0.3) is 22.8 Å². The molecule has 0 bridgehead atoms. The monoisotopic (exact) mass is 290 g/mol. The third kappa shape index (κ3) is 2.53. The van der Waals surface area contributed by atoms with E-state index in [0.29, 0.717) is 5.56 Å². The second kappa shape index (κ2) is 4.86. The smallest absolute Gasteiger partial charge is 0.258 e. The molecule has 0 radical (unpaired) electrons. The van der Waals surface area contributed by atoms with Crippen LogP contribution in [0, 0.1) is 11.6 Å². The highest BCUT2D eigenvalue weighted by atomic mass is 19.1. The lowest BCUT2D eigenvalue weighted by molar-refractivity contribution is 0.402. The first-order valence-electron chi connectivity index (χ1n) is 5.85. The van der Waals surface area contributed by atoms with Crippen LogP contribution in [0.15, 0.2) is 40.9 Å². The number of hydrogen-bond acceptors (Lipinski definition) is 5. The Bertz CT molecular complexity index is 797. The highest BCUT2D eigenvalue weighted by Gasteiger charge is 2.13. The molecule has 0 amide bonds. The summed E-state index contributed by atoms with van der Waals surface area (Å²) < 4.78 is 31.3. The van der Waals surface area contributed by atoms with Gasteiger partial charge in [0, 0.05) is 17.2 Å². The number of benzene rings is 2. The third-order valence-corrected chi connectivity index (χ3v) is 2.77. The van der Waals surface area contributed by atoms with Gasteiger partial charge in [0.25, 0.3) is 5.89 Å². The highest BCUT2D eigenvalue weighted by Crippen LogP contribution is 2.30. The van der Waals surface area contributed by atoms with Crippen molar-refractivity contribution in [2.75, 3.05) is 0 Å². The number of nitrogens with zero attached hydrogens (tertiary/aromatic N) is 2. The van der Waals surface area contributed by atoms with Crippen molar-refractivity contribution in [1.82, 2.24) is 10.1 Å². The number of aromatic hydroxyl groups is 2. The molecule has 0 atom stereocenters.